The van der Waals surface area contributed by atoms with Crippen LogP contribution in [0.1, 0.15) is 58.5 Å². The third-order valence-electron chi connectivity index (χ3n) is 6.10. The molecule has 2 atom stereocenters. The van der Waals surface area contributed by atoms with Crippen LogP contribution in [0, 0.1) is 0 Å². The largest absolute Gasteiger partial charge is 0.454 e. The standard InChI is InChI=1S/C25H29NO6S/c1-17-14-26(15-18(2)32-17)33(29,30)23-9-5-8-22(13-23)25(28)31-16-24(27)21-11-10-19-6-3-4-7-20(19)12-21/h5,8-13,17-18H,3-4,6-7,14-16H2,1-2H3. The molecule has 0 N–H and O–H groups in total. The predicted octanol–water partition coefficient (Wildman–Crippen LogP) is 3.40. The SMILES string of the molecule is CC1CN(S(=O)(=O)c2cccc(C(=O)OCC(=O)c3ccc4c(c3)CCCC4)c2)CC(C)O1. The van der Waals surface area contributed by atoms with Crippen LogP contribution >= 0.6 is 0 Å². The van der Waals surface area contributed by atoms with Crippen molar-refractivity contribution < 1.29 is 27.5 Å². The molecule has 0 saturated carbocycles. The number of aryl methyl sites for hydroxylation is 2. The number of Topliss-reactive ketones (excluding diaryl/α,β-unsaturated/α-hetero) is 1. The number of nitrogens with zero attached hydrogens (tertiary/aromatic N) is 1. The van der Waals surface area contributed by atoms with Crippen LogP contribution in [0.5, 0.6) is 0 Å². The quantitative estimate of drug-likeness (QED) is 0.474. The highest BCUT2D eigenvalue weighted by atomic mass is 32.2. The average molecular weight is 472 g/mol. The van der Waals surface area contributed by atoms with E-state index < -0.39 is 22.6 Å². The van der Waals surface area contributed by atoms with Gasteiger partial charge in [0.15, 0.2) is 12.4 Å². The van der Waals surface area contributed by atoms with Crippen molar-refractivity contribution in [2.24, 2.45) is 0 Å². The highest BCUT2D eigenvalue weighted by molar-refractivity contribution is 7.89. The molecule has 1 aliphatic heterocycles. The van der Waals surface area contributed by atoms with Crippen LogP contribution in [0.2, 0.25) is 0 Å². The number of ketones is 1. The molecule has 33 heavy (non-hydrogen) atoms. The Bertz CT molecular complexity index is 1150. The van der Waals surface area contributed by atoms with Crippen molar-refractivity contribution in [1.82, 2.24) is 4.31 Å². The lowest BCUT2D eigenvalue weighted by atomic mass is 9.90. The monoisotopic (exact) mass is 471 g/mol. The van der Waals surface area contributed by atoms with E-state index in [2.05, 4.69) is 0 Å². The first-order valence-corrected chi connectivity index (χ1v) is 12.8. The van der Waals surface area contributed by atoms with Gasteiger partial charge in [0.1, 0.15) is 0 Å². The molecule has 0 radical (unpaired) electrons. The van der Waals surface area contributed by atoms with E-state index in [0.717, 1.165) is 25.7 Å². The Balaban J connectivity index is 1.43. The molecule has 176 valence electrons. The van der Waals surface area contributed by atoms with Crippen LogP contribution in [-0.4, -0.2) is 56.4 Å². The number of carbonyl (C=O) groups is 2. The molecule has 7 nitrogen and oxygen atoms in total. The molecule has 2 unspecified atom stereocenters. The summed E-state index contributed by atoms with van der Waals surface area (Å²) in [5.41, 5.74) is 3.07. The summed E-state index contributed by atoms with van der Waals surface area (Å²) in [6.45, 7) is 3.75. The molecular weight excluding hydrogens is 442 g/mol. The first-order valence-electron chi connectivity index (χ1n) is 11.3. The molecular formula is C25H29NO6S. The van der Waals surface area contributed by atoms with Crippen LogP contribution in [0.25, 0.3) is 0 Å². The fraction of sp³-hybridized carbons (Fsp3) is 0.440. The number of esters is 1. The summed E-state index contributed by atoms with van der Waals surface area (Å²) in [5.74, 6) is -1.01. The normalized spacial score (nSPS) is 21.3. The van der Waals surface area contributed by atoms with Gasteiger partial charge in [0.05, 0.1) is 22.7 Å². The maximum atomic E-state index is 13.1. The minimum atomic E-state index is -3.79. The van der Waals surface area contributed by atoms with Crippen molar-refractivity contribution in [3.63, 3.8) is 0 Å². The second kappa shape index (κ2) is 9.75. The second-order valence-corrected chi connectivity index (χ2v) is 10.7. The number of ether oxygens (including phenoxy) is 2. The number of sulfonamides is 1. The number of benzene rings is 2. The molecule has 0 spiro atoms. The maximum Gasteiger partial charge on any atom is 0.338 e. The van der Waals surface area contributed by atoms with Gasteiger partial charge in [-0.25, -0.2) is 13.2 Å². The average Bonchev–Trinajstić information content (AvgIpc) is 2.81. The Hall–Kier alpha value is -2.55. The van der Waals surface area contributed by atoms with Gasteiger partial charge in [-0.1, -0.05) is 18.2 Å². The van der Waals surface area contributed by atoms with Crippen LogP contribution in [-0.2, 0) is 32.3 Å². The van der Waals surface area contributed by atoms with Crippen molar-refractivity contribution in [3.8, 4) is 0 Å². The van der Waals surface area contributed by atoms with Crippen LogP contribution in [0.4, 0.5) is 0 Å². The van der Waals surface area contributed by atoms with E-state index in [1.165, 1.54) is 39.7 Å². The van der Waals surface area contributed by atoms with E-state index in [1.54, 1.807) is 6.07 Å². The Morgan fingerprint density at radius 3 is 2.39 bits per heavy atom. The molecule has 2 aliphatic rings. The van der Waals surface area contributed by atoms with E-state index in [9.17, 15) is 18.0 Å². The zero-order valence-corrected chi connectivity index (χ0v) is 19.8. The molecule has 0 aromatic heterocycles. The van der Waals surface area contributed by atoms with Crippen molar-refractivity contribution in [3.05, 3.63) is 64.7 Å². The molecule has 2 aromatic carbocycles. The molecule has 1 fully saturated rings. The summed E-state index contributed by atoms with van der Waals surface area (Å²) < 4.78 is 38.4. The number of hydrogen-bond donors (Lipinski definition) is 0. The number of morpholine rings is 1. The van der Waals surface area contributed by atoms with Gasteiger partial charge in [-0.2, -0.15) is 4.31 Å². The molecule has 1 heterocycles. The Morgan fingerprint density at radius 1 is 0.970 bits per heavy atom. The van der Waals surface area contributed by atoms with E-state index in [4.69, 9.17) is 9.47 Å². The molecule has 1 saturated heterocycles. The minimum absolute atomic E-state index is 0.0132. The third kappa shape index (κ3) is 5.34. The van der Waals surface area contributed by atoms with Gasteiger partial charge < -0.3 is 9.47 Å². The summed E-state index contributed by atoms with van der Waals surface area (Å²) in [6, 6.07) is 11.4. The molecule has 8 heteroatoms. The van der Waals surface area contributed by atoms with Crippen LogP contribution < -0.4 is 0 Å². The lowest BCUT2D eigenvalue weighted by molar-refractivity contribution is -0.0440. The van der Waals surface area contributed by atoms with Crippen molar-refractivity contribution in [2.75, 3.05) is 19.7 Å². The van der Waals surface area contributed by atoms with Crippen molar-refractivity contribution in [1.29, 1.82) is 0 Å². The second-order valence-electron chi connectivity index (χ2n) is 8.80. The predicted molar refractivity (Wildman–Crippen MR) is 123 cm³/mol. The first-order chi connectivity index (χ1) is 15.7. The minimum Gasteiger partial charge on any atom is -0.454 e. The Morgan fingerprint density at radius 2 is 1.67 bits per heavy atom. The summed E-state index contributed by atoms with van der Waals surface area (Å²) >= 11 is 0. The Labute approximate surface area is 194 Å². The fourth-order valence-corrected chi connectivity index (χ4v) is 6.10. The summed E-state index contributed by atoms with van der Waals surface area (Å²) in [6.07, 6.45) is 3.83. The van der Waals surface area contributed by atoms with Crippen LogP contribution in [0.15, 0.2) is 47.4 Å². The number of fused-ring (bicyclic) bond motifs is 1. The lowest BCUT2D eigenvalue weighted by Crippen LogP contribution is -2.48. The van der Waals surface area contributed by atoms with Gasteiger partial charge in [-0.3, -0.25) is 4.79 Å². The summed E-state index contributed by atoms with van der Waals surface area (Å²) in [7, 11) is -3.79. The first kappa shape index (κ1) is 23.6. The van der Waals surface area contributed by atoms with Crippen LogP contribution in [0.3, 0.4) is 0 Å². The number of rotatable bonds is 6. The Kier molecular flexibility index (Phi) is 6.97. The van der Waals surface area contributed by atoms with E-state index in [-0.39, 0.29) is 41.5 Å². The number of hydrogen-bond acceptors (Lipinski definition) is 6. The topological polar surface area (TPSA) is 90.0 Å². The van der Waals surface area contributed by atoms with E-state index in [0.29, 0.717) is 5.56 Å². The summed E-state index contributed by atoms with van der Waals surface area (Å²) in [4.78, 5) is 25.2. The fourth-order valence-electron chi connectivity index (χ4n) is 4.46. The molecule has 0 amide bonds. The van der Waals surface area contributed by atoms with E-state index >= 15 is 0 Å². The summed E-state index contributed by atoms with van der Waals surface area (Å²) in [5, 5.41) is 0. The zero-order valence-electron chi connectivity index (χ0n) is 19.0. The smallest absolute Gasteiger partial charge is 0.338 e. The van der Waals surface area contributed by atoms with Gasteiger partial charge in [0.2, 0.25) is 10.0 Å². The molecule has 4 rings (SSSR count). The third-order valence-corrected chi connectivity index (χ3v) is 7.93. The van der Waals surface area contributed by atoms with Gasteiger partial charge in [-0.05, 0) is 74.9 Å². The highest BCUT2D eigenvalue weighted by Crippen LogP contribution is 2.24. The van der Waals surface area contributed by atoms with Crippen molar-refractivity contribution >= 4 is 21.8 Å². The lowest BCUT2D eigenvalue weighted by Gasteiger charge is -2.34. The van der Waals surface area contributed by atoms with Gasteiger partial charge >= 0.3 is 5.97 Å². The molecule has 1 aliphatic carbocycles. The highest BCUT2D eigenvalue weighted by Gasteiger charge is 2.32. The van der Waals surface area contributed by atoms with E-state index in [1.807, 2.05) is 26.0 Å². The van der Waals surface area contributed by atoms with Crippen molar-refractivity contribution in [2.45, 2.75) is 56.6 Å². The van der Waals surface area contributed by atoms with Gasteiger partial charge in [0, 0.05) is 18.7 Å². The maximum absolute atomic E-state index is 13.1. The zero-order chi connectivity index (χ0) is 23.6. The molecule has 0 bridgehead atoms. The number of carbonyl (C=O) groups excluding carboxylic acids is 2. The van der Waals surface area contributed by atoms with Gasteiger partial charge in [-0.15, -0.1) is 0 Å². The van der Waals surface area contributed by atoms with Gasteiger partial charge in [0.25, 0.3) is 0 Å². The molecule has 2 aromatic rings.